The summed E-state index contributed by atoms with van der Waals surface area (Å²) in [4.78, 5) is 4.26. The first-order valence-electron chi connectivity index (χ1n) is 9.07. The number of aromatic nitrogens is 1. The van der Waals surface area contributed by atoms with Gasteiger partial charge in [0.25, 0.3) is 0 Å². The van der Waals surface area contributed by atoms with Crippen LogP contribution in [0.3, 0.4) is 0 Å². The van der Waals surface area contributed by atoms with Gasteiger partial charge in [-0.25, -0.2) is 4.98 Å². The van der Waals surface area contributed by atoms with Gasteiger partial charge < -0.3 is 5.32 Å². The molecular formula is C19H34AlN2. The largest absolute Gasteiger partial charge is 0.367 e. The van der Waals surface area contributed by atoms with Gasteiger partial charge in [0.2, 0.25) is 15.2 Å². The van der Waals surface area contributed by atoms with Crippen molar-refractivity contribution in [2.24, 2.45) is 11.8 Å². The summed E-state index contributed by atoms with van der Waals surface area (Å²) < 4.78 is 0. The van der Waals surface area contributed by atoms with E-state index in [0.29, 0.717) is 6.04 Å². The molecule has 123 valence electrons. The van der Waals surface area contributed by atoms with E-state index in [0.717, 1.165) is 32.9 Å². The van der Waals surface area contributed by atoms with Crippen LogP contribution >= 0.6 is 0 Å². The lowest BCUT2D eigenvalue weighted by Crippen LogP contribution is -2.22. The Balaban J connectivity index is 0.000000239. The topological polar surface area (TPSA) is 24.9 Å². The fourth-order valence-electron chi connectivity index (χ4n) is 2.67. The summed E-state index contributed by atoms with van der Waals surface area (Å²) >= 11 is 0.755. The van der Waals surface area contributed by atoms with Gasteiger partial charge >= 0.3 is 0 Å². The van der Waals surface area contributed by atoms with Crippen molar-refractivity contribution >= 4 is 21.0 Å². The third-order valence-electron chi connectivity index (χ3n) is 3.90. The Bertz CT molecular complexity index is 351. The van der Waals surface area contributed by atoms with Crippen LogP contribution in [0.4, 0.5) is 5.82 Å². The summed E-state index contributed by atoms with van der Waals surface area (Å²) in [5.74, 6) is 2.88. The SMILES string of the molecule is CC(C)[CH2][Al][CH2]C(C)C.c1ccc(NC2CCCCC2)nc1. The molecule has 1 heterocycles. The van der Waals surface area contributed by atoms with Crippen molar-refractivity contribution in [3.05, 3.63) is 24.4 Å². The molecule has 1 aliphatic carbocycles. The molecule has 1 aromatic rings. The second kappa shape index (κ2) is 12.0. The third-order valence-corrected chi connectivity index (χ3v) is 6.45. The first-order valence-corrected chi connectivity index (χ1v) is 10.7. The molecule has 2 rings (SSSR count). The lowest BCUT2D eigenvalue weighted by molar-refractivity contribution is 0.462. The van der Waals surface area contributed by atoms with Crippen molar-refractivity contribution in [2.75, 3.05) is 5.32 Å². The average molecular weight is 317 g/mol. The van der Waals surface area contributed by atoms with Crippen molar-refractivity contribution in [3.63, 3.8) is 0 Å². The van der Waals surface area contributed by atoms with Gasteiger partial charge in [-0.1, -0.05) is 64.9 Å². The molecule has 0 spiro atoms. The Morgan fingerprint density at radius 2 is 1.68 bits per heavy atom. The highest BCUT2D eigenvalue weighted by molar-refractivity contribution is 6.35. The zero-order chi connectivity index (χ0) is 16.2. The van der Waals surface area contributed by atoms with E-state index in [1.165, 1.54) is 42.7 Å². The van der Waals surface area contributed by atoms with E-state index >= 15 is 0 Å². The van der Waals surface area contributed by atoms with Gasteiger partial charge in [0.15, 0.2) is 0 Å². The summed E-state index contributed by atoms with van der Waals surface area (Å²) in [6.07, 6.45) is 8.58. The van der Waals surface area contributed by atoms with Gasteiger partial charge in [-0.2, -0.15) is 0 Å². The molecule has 0 atom stereocenters. The van der Waals surface area contributed by atoms with Gasteiger partial charge in [-0.05, 0) is 25.0 Å². The maximum atomic E-state index is 4.26. The fourth-order valence-corrected chi connectivity index (χ4v) is 4.19. The highest BCUT2D eigenvalue weighted by atomic mass is 27.1. The molecule has 22 heavy (non-hydrogen) atoms. The maximum absolute atomic E-state index is 4.26. The Labute approximate surface area is 144 Å². The molecule has 2 nitrogen and oxygen atoms in total. The minimum Gasteiger partial charge on any atom is -0.367 e. The van der Waals surface area contributed by atoms with E-state index in [4.69, 9.17) is 0 Å². The van der Waals surface area contributed by atoms with Crippen molar-refractivity contribution in [1.29, 1.82) is 0 Å². The molecule has 3 heteroatoms. The third kappa shape index (κ3) is 10.2. The summed E-state index contributed by atoms with van der Waals surface area (Å²) in [5.41, 5.74) is 0. The van der Waals surface area contributed by atoms with Gasteiger partial charge in [0.05, 0.1) is 0 Å². The van der Waals surface area contributed by atoms with E-state index in [2.05, 4.69) is 38.0 Å². The number of nitrogens with one attached hydrogen (secondary N) is 1. The molecule has 0 unspecified atom stereocenters. The highest BCUT2D eigenvalue weighted by Crippen LogP contribution is 2.20. The van der Waals surface area contributed by atoms with Gasteiger partial charge in [0, 0.05) is 12.2 Å². The molecule has 1 aromatic heterocycles. The van der Waals surface area contributed by atoms with Crippen LogP contribution in [-0.4, -0.2) is 26.2 Å². The molecule has 1 saturated carbocycles. The van der Waals surface area contributed by atoms with Crippen LogP contribution in [0.25, 0.3) is 0 Å². The van der Waals surface area contributed by atoms with Gasteiger partial charge in [-0.15, -0.1) is 10.6 Å². The monoisotopic (exact) mass is 317 g/mol. The summed E-state index contributed by atoms with van der Waals surface area (Å²) in [7, 11) is 0. The molecular weight excluding hydrogens is 283 g/mol. The van der Waals surface area contributed by atoms with E-state index in [9.17, 15) is 0 Å². The van der Waals surface area contributed by atoms with Crippen LogP contribution in [0, 0.1) is 11.8 Å². The van der Waals surface area contributed by atoms with Crippen molar-refractivity contribution < 1.29 is 0 Å². The number of anilines is 1. The standard InChI is InChI=1S/C11H16N2.2C4H9.Al/c1-2-6-10(7-3-1)13-11-8-4-5-9-12-11;2*1-4(2)3;/h4-5,8-10H,1-3,6-7H2,(H,12,13);2*4H,1H2,2-3H3;. The molecule has 0 saturated heterocycles. The number of hydrogen-bond donors (Lipinski definition) is 1. The van der Waals surface area contributed by atoms with E-state index in [-0.39, 0.29) is 0 Å². The molecule has 1 fully saturated rings. The lowest BCUT2D eigenvalue weighted by atomic mass is 9.95. The quantitative estimate of drug-likeness (QED) is 0.684. The zero-order valence-electron chi connectivity index (χ0n) is 15.0. The smallest absolute Gasteiger partial charge is 0.200 e. The lowest BCUT2D eigenvalue weighted by Gasteiger charge is -2.23. The molecule has 0 aromatic carbocycles. The number of pyridine rings is 1. The summed E-state index contributed by atoms with van der Waals surface area (Å²) in [6.45, 7) is 9.25. The van der Waals surface area contributed by atoms with E-state index in [1.807, 2.05) is 24.4 Å². The Hall–Kier alpha value is -0.518. The molecule has 1 radical (unpaired) electrons. The Morgan fingerprint density at radius 1 is 1.05 bits per heavy atom. The first kappa shape index (κ1) is 19.5. The van der Waals surface area contributed by atoms with Crippen LogP contribution < -0.4 is 5.32 Å². The van der Waals surface area contributed by atoms with Crippen LogP contribution in [0.15, 0.2) is 24.4 Å². The average Bonchev–Trinajstić information content (AvgIpc) is 2.49. The van der Waals surface area contributed by atoms with Crippen LogP contribution in [0.5, 0.6) is 0 Å². The normalized spacial score (nSPS) is 15.4. The fraction of sp³-hybridized carbons (Fsp3) is 0.737. The molecule has 0 aliphatic heterocycles. The number of nitrogens with zero attached hydrogens (tertiary/aromatic N) is 1. The minimum atomic E-state index is 0.656. The van der Waals surface area contributed by atoms with Crippen molar-refractivity contribution in [2.45, 2.75) is 76.4 Å². The van der Waals surface area contributed by atoms with Crippen LogP contribution in [-0.2, 0) is 0 Å². The number of hydrogen-bond acceptors (Lipinski definition) is 2. The van der Waals surface area contributed by atoms with Crippen LogP contribution in [0.2, 0.25) is 10.6 Å². The summed E-state index contributed by atoms with van der Waals surface area (Å²) in [6, 6.07) is 6.67. The maximum Gasteiger partial charge on any atom is 0.200 e. The molecule has 1 N–H and O–H groups in total. The minimum absolute atomic E-state index is 0.656. The van der Waals surface area contributed by atoms with Gasteiger partial charge in [-0.3, -0.25) is 0 Å². The highest BCUT2D eigenvalue weighted by Gasteiger charge is 2.12. The predicted molar refractivity (Wildman–Crippen MR) is 99.8 cm³/mol. The van der Waals surface area contributed by atoms with Crippen molar-refractivity contribution in [3.8, 4) is 0 Å². The van der Waals surface area contributed by atoms with Crippen LogP contribution in [0.1, 0.15) is 59.8 Å². The molecule has 0 bridgehead atoms. The molecule has 1 aliphatic rings. The van der Waals surface area contributed by atoms with E-state index in [1.54, 1.807) is 0 Å². The molecule has 0 amide bonds. The second-order valence-corrected chi connectivity index (χ2v) is 8.76. The van der Waals surface area contributed by atoms with Crippen molar-refractivity contribution in [1.82, 2.24) is 4.98 Å². The first-order chi connectivity index (χ1) is 10.6. The summed E-state index contributed by atoms with van der Waals surface area (Å²) in [5, 5.41) is 6.44. The zero-order valence-corrected chi connectivity index (χ0v) is 16.2. The van der Waals surface area contributed by atoms with Gasteiger partial charge in [0.1, 0.15) is 5.82 Å². The van der Waals surface area contributed by atoms with E-state index < -0.39 is 0 Å². The second-order valence-electron chi connectivity index (χ2n) is 7.24. The Kier molecular flexibility index (Phi) is 10.6. The Morgan fingerprint density at radius 3 is 2.18 bits per heavy atom. The number of rotatable bonds is 6. The predicted octanol–water partition coefficient (Wildman–Crippen LogP) is 5.67.